The predicted molar refractivity (Wildman–Crippen MR) is 98.8 cm³/mol. The Hall–Kier alpha value is -2.43. The molecule has 0 N–H and O–H groups in total. The Morgan fingerprint density at radius 1 is 1.12 bits per heavy atom. The van der Waals surface area contributed by atoms with Crippen LogP contribution in [0.5, 0.6) is 0 Å². The summed E-state index contributed by atoms with van der Waals surface area (Å²) in [6.07, 6.45) is 0.844. The second-order valence-electron chi connectivity index (χ2n) is 5.47. The molecule has 25 heavy (non-hydrogen) atoms. The van der Waals surface area contributed by atoms with Crippen molar-refractivity contribution in [2.24, 2.45) is 0 Å². The summed E-state index contributed by atoms with van der Waals surface area (Å²) in [6.45, 7) is 1.43. The summed E-state index contributed by atoms with van der Waals surface area (Å²) >= 11 is 12.3. The number of Topliss-reactive ketones (excluding diaryl/α,β-unsaturated/α-hetero) is 1. The van der Waals surface area contributed by atoms with Crippen LogP contribution in [0.2, 0.25) is 10.0 Å². The Balaban J connectivity index is 2.35. The Bertz CT molecular complexity index is 947. The molecule has 0 aliphatic rings. The van der Waals surface area contributed by atoms with E-state index < -0.39 is 0 Å². The van der Waals surface area contributed by atoms with Crippen LogP contribution in [0.25, 0.3) is 16.9 Å². The van der Waals surface area contributed by atoms with Gasteiger partial charge in [-0.2, -0.15) is 5.10 Å². The summed E-state index contributed by atoms with van der Waals surface area (Å²) in [7, 11) is 0. The molecular formula is C19H14Cl2N2O2. The standard InChI is InChI=1S/C19H14Cl2N2O2/c1-12(25)18-15(10-11-24)19(13-6-8-14(20)9-7-13)23(22-18)17-5-3-2-4-16(17)21/h2-9,11H,10H2,1H3. The largest absolute Gasteiger partial charge is 0.303 e. The van der Waals surface area contributed by atoms with Gasteiger partial charge in [0.05, 0.1) is 16.4 Å². The molecule has 2 aromatic carbocycles. The Morgan fingerprint density at radius 2 is 1.80 bits per heavy atom. The van der Waals surface area contributed by atoms with Crippen LogP contribution in [0, 0.1) is 0 Å². The normalized spacial score (nSPS) is 10.7. The Labute approximate surface area is 155 Å². The lowest BCUT2D eigenvalue weighted by Gasteiger charge is -2.11. The molecule has 6 heteroatoms. The smallest absolute Gasteiger partial charge is 0.180 e. The van der Waals surface area contributed by atoms with Crippen LogP contribution in [0.1, 0.15) is 23.0 Å². The van der Waals surface area contributed by atoms with Gasteiger partial charge in [0.1, 0.15) is 12.0 Å². The number of aldehydes is 1. The van der Waals surface area contributed by atoms with Crippen LogP contribution >= 0.6 is 23.2 Å². The number of carbonyl (C=O) groups excluding carboxylic acids is 2. The molecule has 0 radical (unpaired) electrons. The minimum atomic E-state index is -0.210. The van der Waals surface area contributed by atoms with E-state index in [1.165, 1.54) is 6.92 Å². The monoisotopic (exact) mass is 372 g/mol. The fourth-order valence-electron chi connectivity index (χ4n) is 2.71. The molecule has 0 fully saturated rings. The van der Waals surface area contributed by atoms with Gasteiger partial charge in [0.2, 0.25) is 0 Å². The Morgan fingerprint density at radius 3 is 2.40 bits per heavy atom. The van der Waals surface area contributed by atoms with Crippen molar-refractivity contribution >= 4 is 35.3 Å². The van der Waals surface area contributed by atoms with E-state index in [0.29, 0.717) is 27.0 Å². The van der Waals surface area contributed by atoms with E-state index in [2.05, 4.69) is 5.10 Å². The lowest BCUT2D eigenvalue weighted by molar-refractivity contribution is -0.107. The highest BCUT2D eigenvalue weighted by atomic mass is 35.5. The van der Waals surface area contributed by atoms with Gasteiger partial charge in [-0.25, -0.2) is 4.68 Å². The SMILES string of the molecule is CC(=O)c1nn(-c2ccccc2Cl)c(-c2ccc(Cl)cc2)c1CC=O. The maximum absolute atomic E-state index is 12.1. The average Bonchev–Trinajstić information content (AvgIpc) is 2.96. The van der Waals surface area contributed by atoms with E-state index >= 15 is 0 Å². The number of aromatic nitrogens is 2. The van der Waals surface area contributed by atoms with Crippen LogP contribution in [-0.2, 0) is 11.2 Å². The third-order valence-electron chi connectivity index (χ3n) is 3.80. The summed E-state index contributed by atoms with van der Waals surface area (Å²) < 4.78 is 1.61. The highest BCUT2D eigenvalue weighted by molar-refractivity contribution is 6.32. The number of rotatable bonds is 5. The van der Waals surface area contributed by atoms with E-state index in [9.17, 15) is 9.59 Å². The van der Waals surface area contributed by atoms with Gasteiger partial charge in [0.25, 0.3) is 0 Å². The topological polar surface area (TPSA) is 52.0 Å². The summed E-state index contributed by atoms with van der Waals surface area (Å²) in [5, 5.41) is 5.54. The summed E-state index contributed by atoms with van der Waals surface area (Å²) in [6, 6.07) is 14.4. The molecule has 3 aromatic rings. The molecule has 0 bridgehead atoms. The van der Waals surface area contributed by atoms with E-state index in [1.807, 2.05) is 30.3 Å². The number of halogens is 2. The van der Waals surface area contributed by atoms with Crippen molar-refractivity contribution in [3.63, 3.8) is 0 Å². The number of benzene rings is 2. The molecule has 0 saturated carbocycles. The van der Waals surface area contributed by atoms with Crippen molar-refractivity contribution in [1.82, 2.24) is 9.78 Å². The first-order valence-electron chi connectivity index (χ1n) is 7.60. The fraction of sp³-hybridized carbons (Fsp3) is 0.105. The highest BCUT2D eigenvalue weighted by Crippen LogP contribution is 2.32. The number of hydrogen-bond acceptors (Lipinski definition) is 3. The van der Waals surface area contributed by atoms with Crippen molar-refractivity contribution in [1.29, 1.82) is 0 Å². The number of carbonyl (C=O) groups is 2. The van der Waals surface area contributed by atoms with E-state index in [-0.39, 0.29) is 17.9 Å². The van der Waals surface area contributed by atoms with E-state index in [0.717, 1.165) is 11.8 Å². The molecule has 0 amide bonds. The zero-order chi connectivity index (χ0) is 18.0. The molecule has 0 atom stereocenters. The number of ketones is 1. The second-order valence-corrected chi connectivity index (χ2v) is 6.32. The van der Waals surface area contributed by atoms with Crippen molar-refractivity contribution in [2.45, 2.75) is 13.3 Å². The van der Waals surface area contributed by atoms with Crippen LogP contribution in [0.4, 0.5) is 0 Å². The van der Waals surface area contributed by atoms with Gasteiger partial charge in [-0.15, -0.1) is 0 Å². The molecule has 1 heterocycles. The molecule has 0 spiro atoms. The summed E-state index contributed by atoms with van der Waals surface area (Å²) in [5.41, 5.74) is 2.92. The molecule has 0 unspecified atom stereocenters. The van der Waals surface area contributed by atoms with Gasteiger partial charge in [-0.1, -0.05) is 47.5 Å². The molecule has 126 valence electrons. The Kier molecular flexibility index (Phi) is 5.02. The van der Waals surface area contributed by atoms with Gasteiger partial charge in [-0.3, -0.25) is 4.79 Å². The predicted octanol–water partition coefficient (Wildman–Crippen LogP) is 4.79. The second kappa shape index (κ2) is 7.21. The maximum atomic E-state index is 12.1. The van der Waals surface area contributed by atoms with Crippen molar-refractivity contribution in [3.8, 4) is 16.9 Å². The third kappa shape index (κ3) is 3.36. The molecular weight excluding hydrogens is 359 g/mol. The number of para-hydroxylation sites is 1. The third-order valence-corrected chi connectivity index (χ3v) is 4.37. The zero-order valence-electron chi connectivity index (χ0n) is 13.4. The van der Waals surface area contributed by atoms with Crippen LogP contribution in [0.3, 0.4) is 0 Å². The van der Waals surface area contributed by atoms with Crippen molar-refractivity contribution in [3.05, 3.63) is 69.8 Å². The fourth-order valence-corrected chi connectivity index (χ4v) is 3.05. The van der Waals surface area contributed by atoms with Crippen molar-refractivity contribution < 1.29 is 9.59 Å². The van der Waals surface area contributed by atoms with Gasteiger partial charge in [0, 0.05) is 29.5 Å². The number of hydrogen-bond donors (Lipinski definition) is 0. The minimum Gasteiger partial charge on any atom is -0.303 e. The first-order chi connectivity index (χ1) is 12.0. The van der Waals surface area contributed by atoms with Crippen LogP contribution in [-0.4, -0.2) is 21.8 Å². The van der Waals surface area contributed by atoms with Gasteiger partial charge >= 0.3 is 0 Å². The molecule has 0 aliphatic heterocycles. The van der Waals surface area contributed by atoms with Crippen molar-refractivity contribution in [2.75, 3.05) is 0 Å². The molecule has 1 aromatic heterocycles. The highest BCUT2D eigenvalue weighted by Gasteiger charge is 2.23. The maximum Gasteiger partial charge on any atom is 0.180 e. The van der Waals surface area contributed by atoms with E-state index in [4.69, 9.17) is 23.2 Å². The zero-order valence-corrected chi connectivity index (χ0v) is 14.9. The lowest BCUT2D eigenvalue weighted by Crippen LogP contribution is -2.01. The van der Waals surface area contributed by atoms with E-state index in [1.54, 1.807) is 22.9 Å². The summed E-state index contributed by atoms with van der Waals surface area (Å²) in [4.78, 5) is 23.3. The molecule has 3 rings (SSSR count). The van der Waals surface area contributed by atoms with Crippen LogP contribution in [0.15, 0.2) is 48.5 Å². The minimum absolute atomic E-state index is 0.0807. The van der Waals surface area contributed by atoms with Gasteiger partial charge in [0.15, 0.2) is 5.78 Å². The molecule has 0 aliphatic carbocycles. The molecule has 0 saturated heterocycles. The summed E-state index contributed by atoms with van der Waals surface area (Å²) in [5.74, 6) is -0.210. The first kappa shape index (κ1) is 17.4. The molecule has 4 nitrogen and oxygen atoms in total. The lowest BCUT2D eigenvalue weighted by atomic mass is 10.0. The van der Waals surface area contributed by atoms with Gasteiger partial charge < -0.3 is 4.79 Å². The first-order valence-corrected chi connectivity index (χ1v) is 8.36. The number of nitrogens with zero attached hydrogens (tertiary/aromatic N) is 2. The van der Waals surface area contributed by atoms with Crippen LogP contribution < -0.4 is 0 Å². The van der Waals surface area contributed by atoms with Gasteiger partial charge in [-0.05, 0) is 24.3 Å². The average molecular weight is 373 g/mol. The quantitative estimate of drug-likeness (QED) is 0.477.